The highest BCUT2D eigenvalue weighted by molar-refractivity contribution is 6.31. The SMILES string of the molecule is COc1cc2c(cc1OC)[C@H](CCc1ccc(Cl)c(C(F)(F)F)c1)N(C(C(N)=O)c1ccccc1)CC2. The molecule has 1 heterocycles. The molecule has 2 N–H and O–H groups in total. The largest absolute Gasteiger partial charge is 0.493 e. The summed E-state index contributed by atoms with van der Waals surface area (Å²) in [5.41, 5.74) is 8.26. The number of benzene rings is 3. The van der Waals surface area contributed by atoms with Gasteiger partial charge in [0.2, 0.25) is 5.91 Å². The average molecular weight is 533 g/mol. The molecule has 0 radical (unpaired) electrons. The first kappa shape index (κ1) is 26.8. The number of halogens is 4. The van der Waals surface area contributed by atoms with E-state index >= 15 is 0 Å². The van der Waals surface area contributed by atoms with Crippen molar-refractivity contribution in [1.82, 2.24) is 4.90 Å². The van der Waals surface area contributed by atoms with Crippen LogP contribution in [0.1, 0.15) is 46.3 Å². The predicted molar refractivity (Wildman–Crippen MR) is 136 cm³/mol. The lowest BCUT2D eigenvalue weighted by atomic mass is 9.86. The normalized spacial score (nSPS) is 16.6. The van der Waals surface area contributed by atoms with Crippen molar-refractivity contribution in [2.45, 2.75) is 37.5 Å². The van der Waals surface area contributed by atoms with E-state index in [1.54, 1.807) is 20.3 Å². The number of ether oxygens (including phenoxy) is 2. The Balaban J connectivity index is 1.76. The lowest BCUT2D eigenvalue weighted by Gasteiger charge is -2.41. The van der Waals surface area contributed by atoms with Gasteiger partial charge in [0.1, 0.15) is 6.04 Å². The minimum atomic E-state index is -4.55. The molecule has 1 aliphatic rings. The number of alkyl halides is 3. The maximum Gasteiger partial charge on any atom is 0.417 e. The molecule has 2 atom stereocenters. The van der Waals surface area contributed by atoms with Gasteiger partial charge in [0.25, 0.3) is 0 Å². The molecular formula is C28H28ClF3N2O3. The Morgan fingerprint density at radius 2 is 1.76 bits per heavy atom. The fourth-order valence-corrected chi connectivity index (χ4v) is 5.31. The summed E-state index contributed by atoms with van der Waals surface area (Å²) in [5.74, 6) is 0.635. The van der Waals surface area contributed by atoms with Crippen molar-refractivity contribution in [2.75, 3.05) is 20.8 Å². The number of carbonyl (C=O) groups is 1. The number of fused-ring (bicyclic) bond motifs is 1. The Kier molecular flexibility index (Phi) is 7.99. The van der Waals surface area contributed by atoms with Crippen molar-refractivity contribution >= 4 is 17.5 Å². The first-order chi connectivity index (χ1) is 17.6. The van der Waals surface area contributed by atoms with Gasteiger partial charge in [-0.2, -0.15) is 13.2 Å². The minimum Gasteiger partial charge on any atom is -0.493 e. The summed E-state index contributed by atoms with van der Waals surface area (Å²) in [6.45, 7) is 0.532. The van der Waals surface area contributed by atoms with Crippen LogP contribution in [0.15, 0.2) is 60.7 Å². The van der Waals surface area contributed by atoms with E-state index in [1.807, 2.05) is 47.4 Å². The van der Waals surface area contributed by atoms with Crippen LogP contribution in [-0.4, -0.2) is 31.6 Å². The zero-order chi connectivity index (χ0) is 26.7. The third kappa shape index (κ3) is 5.70. The number of amides is 1. The molecule has 3 aromatic rings. The highest BCUT2D eigenvalue weighted by atomic mass is 35.5. The minimum absolute atomic E-state index is 0.314. The van der Waals surface area contributed by atoms with Crippen LogP contribution in [0.2, 0.25) is 5.02 Å². The summed E-state index contributed by atoms with van der Waals surface area (Å²) < 4.78 is 51.4. The average Bonchev–Trinajstić information content (AvgIpc) is 2.87. The van der Waals surface area contributed by atoms with Crippen LogP contribution < -0.4 is 15.2 Å². The maximum atomic E-state index is 13.5. The fourth-order valence-electron chi connectivity index (χ4n) is 5.08. The van der Waals surface area contributed by atoms with Crippen LogP contribution in [0.25, 0.3) is 0 Å². The van der Waals surface area contributed by atoms with E-state index in [0.29, 0.717) is 42.9 Å². The number of methoxy groups -OCH3 is 2. The third-order valence-corrected chi connectivity index (χ3v) is 7.13. The molecule has 4 rings (SSSR count). The molecule has 0 saturated heterocycles. The van der Waals surface area contributed by atoms with Crippen molar-refractivity contribution < 1.29 is 27.4 Å². The van der Waals surface area contributed by atoms with Gasteiger partial charge in [0.15, 0.2) is 11.5 Å². The predicted octanol–water partition coefficient (Wildman–Crippen LogP) is 6.13. The number of hydrogen-bond donors (Lipinski definition) is 1. The second-order valence-electron chi connectivity index (χ2n) is 8.98. The van der Waals surface area contributed by atoms with Crippen LogP contribution >= 0.6 is 11.6 Å². The summed E-state index contributed by atoms with van der Waals surface area (Å²) in [6, 6.07) is 16.0. The number of rotatable bonds is 8. The van der Waals surface area contributed by atoms with Crippen LogP contribution in [0.4, 0.5) is 13.2 Å². The summed E-state index contributed by atoms with van der Waals surface area (Å²) in [6.07, 6.45) is -3.14. The van der Waals surface area contributed by atoms with Gasteiger partial charge in [0.05, 0.1) is 24.8 Å². The molecule has 0 saturated carbocycles. The highest BCUT2D eigenvalue weighted by Gasteiger charge is 2.37. The number of carbonyl (C=O) groups excluding carboxylic acids is 1. The van der Waals surface area contributed by atoms with Gasteiger partial charge in [-0.3, -0.25) is 9.69 Å². The number of nitrogens with zero attached hydrogens (tertiary/aromatic N) is 1. The number of nitrogens with two attached hydrogens (primary N) is 1. The van der Waals surface area contributed by atoms with Crippen LogP contribution in [-0.2, 0) is 23.8 Å². The molecule has 5 nitrogen and oxygen atoms in total. The molecule has 1 amide bonds. The Morgan fingerprint density at radius 1 is 1.08 bits per heavy atom. The lowest BCUT2D eigenvalue weighted by Crippen LogP contribution is -2.44. The zero-order valence-electron chi connectivity index (χ0n) is 20.5. The smallest absolute Gasteiger partial charge is 0.417 e. The van der Waals surface area contributed by atoms with E-state index in [0.717, 1.165) is 22.8 Å². The summed E-state index contributed by atoms with van der Waals surface area (Å²) in [5, 5.41) is -0.337. The quantitative estimate of drug-likeness (QED) is 0.379. The highest BCUT2D eigenvalue weighted by Crippen LogP contribution is 2.43. The second kappa shape index (κ2) is 11.0. The summed E-state index contributed by atoms with van der Waals surface area (Å²) in [4.78, 5) is 14.8. The van der Waals surface area contributed by atoms with Crippen LogP contribution in [0.3, 0.4) is 0 Å². The first-order valence-electron chi connectivity index (χ1n) is 11.8. The van der Waals surface area contributed by atoms with Crippen LogP contribution in [0.5, 0.6) is 11.5 Å². The molecule has 37 heavy (non-hydrogen) atoms. The van der Waals surface area contributed by atoms with Gasteiger partial charge in [-0.05, 0) is 65.8 Å². The molecule has 0 aliphatic carbocycles. The number of hydrogen-bond acceptors (Lipinski definition) is 4. The molecule has 1 unspecified atom stereocenters. The molecule has 0 fully saturated rings. The zero-order valence-corrected chi connectivity index (χ0v) is 21.3. The van der Waals surface area contributed by atoms with Gasteiger partial charge in [-0.25, -0.2) is 0 Å². The molecule has 0 spiro atoms. The monoisotopic (exact) mass is 532 g/mol. The van der Waals surface area contributed by atoms with E-state index in [-0.39, 0.29) is 11.1 Å². The van der Waals surface area contributed by atoms with E-state index in [9.17, 15) is 18.0 Å². The van der Waals surface area contributed by atoms with E-state index < -0.39 is 23.7 Å². The lowest BCUT2D eigenvalue weighted by molar-refractivity contribution is -0.137. The maximum absolute atomic E-state index is 13.5. The number of primary amides is 1. The topological polar surface area (TPSA) is 64.8 Å². The summed E-state index contributed by atoms with van der Waals surface area (Å²) in [7, 11) is 3.11. The number of aryl methyl sites for hydroxylation is 1. The second-order valence-corrected chi connectivity index (χ2v) is 9.38. The Labute approximate surface area is 218 Å². The van der Waals surface area contributed by atoms with Gasteiger partial charge < -0.3 is 15.2 Å². The van der Waals surface area contributed by atoms with Crippen LogP contribution in [0, 0.1) is 0 Å². The Morgan fingerprint density at radius 3 is 2.38 bits per heavy atom. The molecule has 196 valence electrons. The molecule has 9 heteroatoms. The van der Waals surface area contributed by atoms with Crippen molar-refractivity contribution in [3.05, 3.63) is 93.5 Å². The summed E-state index contributed by atoms with van der Waals surface area (Å²) >= 11 is 5.82. The molecule has 0 aromatic heterocycles. The van der Waals surface area contributed by atoms with Crippen molar-refractivity contribution in [2.24, 2.45) is 5.73 Å². The molecular weight excluding hydrogens is 505 g/mol. The third-order valence-electron chi connectivity index (χ3n) is 6.80. The van der Waals surface area contributed by atoms with Crippen molar-refractivity contribution in [3.63, 3.8) is 0 Å². The fraction of sp³-hybridized carbons (Fsp3) is 0.321. The van der Waals surface area contributed by atoms with Gasteiger partial charge in [-0.1, -0.05) is 48.0 Å². The molecule has 3 aromatic carbocycles. The van der Waals surface area contributed by atoms with E-state index in [4.69, 9.17) is 26.8 Å². The van der Waals surface area contributed by atoms with E-state index in [2.05, 4.69) is 0 Å². The molecule has 0 bridgehead atoms. The van der Waals surface area contributed by atoms with Gasteiger partial charge in [-0.15, -0.1) is 0 Å². The van der Waals surface area contributed by atoms with E-state index in [1.165, 1.54) is 6.07 Å². The standard InChI is InChI=1S/C28H28ClF3N2O3/c1-36-24-15-19-12-13-34(26(27(33)35)18-6-4-3-5-7-18)23(20(19)16-25(24)37-2)11-9-17-8-10-22(29)21(14-17)28(30,31)32/h3-8,10,14-16,23,26H,9,11-13H2,1-2H3,(H2,33,35)/t23-,26?/m0/s1. The van der Waals surface area contributed by atoms with Crippen molar-refractivity contribution in [3.8, 4) is 11.5 Å². The Bertz CT molecular complexity index is 1270. The van der Waals surface area contributed by atoms with Gasteiger partial charge in [0, 0.05) is 12.6 Å². The first-order valence-corrected chi connectivity index (χ1v) is 12.2. The molecule has 1 aliphatic heterocycles. The Hall–Kier alpha value is -3.23. The van der Waals surface area contributed by atoms with Crippen molar-refractivity contribution in [1.29, 1.82) is 0 Å². The van der Waals surface area contributed by atoms with Gasteiger partial charge >= 0.3 is 6.18 Å².